The summed E-state index contributed by atoms with van der Waals surface area (Å²) in [5.74, 6) is 0.377. The van der Waals surface area contributed by atoms with Crippen LogP contribution in [0.2, 0.25) is 0 Å². The number of hydrogen-bond donors (Lipinski definition) is 1. The predicted molar refractivity (Wildman–Crippen MR) is 72.9 cm³/mol. The quantitative estimate of drug-likeness (QED) is 0.762. The van der Waals surface area contributed by atoms with E-state index in [0.29, 0.717) is 31.6 Å². The van der Waals surface area contributed by atoms with Crippen LogP contribution in [0.5, 0.6) is 0 Å². The molecule has 6 heteroatoms. The fourth-order valence-corrected chi connectivity index (χ4v) is 3.44. The maximum Gasteiger partial charge on any atom is 0.211 e. The summed E-state index contributed by atoms with van der Waals surface area (Å²) in [6, 6.07) is 0.380. The molecule has 1 fully saturated rings. The van der Waals surface area contributed by atoms with Crippen molar-refractivity contribution in [1.29, 1.82) is 0 Å². The first kappa shape index (κ1) is 15.9. The lowest BCUT2D eigenvalue weighted by Crippen LogP contribution is -2.45. The van der Waals surface area contributed by atoms with Gasteiger partial charge in [0.15, 0.2) is 0 Å². The molecule has 1 heterocycles. The van der Waals surface area contributed by atoms with Crippen molar-refractivity contribution in [3.05, 3.63) is 0 Å². The van der Waals surface area contributed by atoms with Crippen molar-refractivity contribution < 1.29 is 13.5 Å². The molecule has 1 aliphatic rings. The lowest BCUT2D eigenvalue weighted by molar-refractivity contribution is 0.124. The number of hydrogen-bond acceptors (Lipinski definition) is 4. The Morgan fingerprint density at radius 2 is 2.11 bits per heavy atom. The molecule has 1 unspecified atom stereocenters. The van der Waals surface area contributed by atoms with Crippen LogP contribution in [0, 0.1) is 5.92 Å². The Morgan fingerprint density at radius 3 is 2.61 bits per heavy atom. The fraction of sp³-hybridized carbons (Fsp3) is 1.00. The number of piperidine rings is 1. The zero-order valence-electron chi connectivity index (χ0n) is 11.7. The van der Waals surface area contributed by atoms with Crippen LogP contribution in [0.1, 0.15) is 26.7 Å². The highest BCUT2D eigenvalue weighted by atomic mass is 32.2. The van der Waals surface area contributed by atoms with Crippen molar-refractivity contribution in [1.82, 2.24) is 9.21 Å². The largest absolute Gasteiger partial charge is 0.395 e. The highest BCUT2D eigenvalue weighted by Crippen LogP contribution is 2.20. The van der Waals surface area contributed by atoms with E-state index in [1.54, 1.807) is 4.31 Å². The average Bonchev–Trinajstić information content (AvgIpc) is 2.27. The van der Waals surface area contributed by atoms with E-state index in [4.69, 9.17) is 5.11 Å². The van der Waals surface area contributed by atoms with Gasteiger partial charge in [-0.15, -0.1) is 0 Å². The van der Waals surface area contributed by atoms with Gasteiger partial charge in [-0.05, 0) is 32.6 Å². The van der Waals surface area contributed by atoms with E-state index in [0.717, 1.165) is 19.4 Å². The monoisotopic (exact) mass is 278 g/mol. The zero-order chi connectivity index (χ0) is 13.8. The van der Waals surface area contributed by atoms with Gasteiger partial charge in [-0.25, -0.2) is 12.7 Å². The number of nitrogens with zero attached hydrogens (tertiary/aromatic N) is 2. The molecule has 0 aromatic heterocycles. The molecule has 18 heavy (non-hydrogen) atoms. The summed E-state index contributed by atoms with van der Waals surface area (Å²) in [5, 5.41) is 9.05. The molecule has 0 amide bonds. The van der Waals surface area contributed by atoms with Crippen LogP contribution in [-0.2, 0) is 10.0 Å². The number of rotatable bonds is 6. The molecule has 0 aromatic carbocycles. The SMILES string of the molecule is CC(C)N(CCO)CC1CCCN(S(C)(=O)=O)C1. The van der Waals surface area contributed by atoms with Gasteiger partial charge in [-0.3, -0.25) is 4.90 Å². The first-order chi connectivity index (χ1) is 8.34. The van der Waals surface area contributed by atoms with Crippen LogP contribution in [0.15, 0.2) is 0 Å². The molecule has 1 atom stereocenters. The molecule has 108 valence electrons. The molecule has 0 aromatic rings. The van der Waals surface area contributed by atoms with Crippen LogP contribution < -0.4 is 0 Å². The summed E-state index contributed by atoms with van der Waals surface area (Å²) in [6.45, 7) is 7.15. The molecule has 0 aliphatic carbocycles. The topological polar surface area (TPSA) is 60.9 Å². The predicted octanol–water partition coefficient (Wildman–Crippen LogP) is 0.361. The Labute approximate surface area is 111 Å². The first-order valence-electron chi connectivity index (χ1n) is 6.64. The number of aliphatic hydroxyl groups excluding tert-OH is 1. The van der Waals surface area contributed by atoms with E-state index < -0.39 is 10.0 Å². The molecule has 0 radical (unpaired) electrons. The number of aliphatic hydroxyl groups is 1. The first-order valence-corrected chi connectivity index (χ1v) is 8.49. The van der Waals surface area contributed by atoms with Crippen molar-refractivity contribution in [3.8, 4) is 0 Å². The summed E-state index contributed by atoms with van der Waals surface area (Å²) in [7, 11) is -3.06. The normalized spacial score (nSPS) is 22.9. The third-order valence-electron chi connectivity index (χ3n) is 3.56. The van der Waals surface area contributed by atoms with Crippen LogP contribution in [-0.4, -0.2) is 67.8 Å². The molecule has 1 aliphatic heterocycles. The smallest absolute Gasteiger partial charge is 0.211 e. The van der Waals surface area contributed by atoms with Crippen molar-refractivity contribution >= 4 is 10.0 Å². The maximum absolute atomic E-state index is 11.5. The van der Waals surface area contributed by atoms with Gasteiger partial charge in [0, 0.05) is 32.2 Å². The van der Waals surface area contributed by atoms with Crippen molar-refractivity contribution in [2.45, 2.75) is 32.7 Å². The Morgan fingerprint density at radius 1 is 1.44 bits per heavy atom. The van der Waals surface area contributed by atoms with Crippen molar-refractivity contribution in [2.75, 3.05) is 39.0 Å². The van der Waals surface area contributed by atoms with E-state index in [9.17, 15) is 8.42 Å². The third-order valence-corrected chi connectivity index (χ3v) is 4.83. The Kier molecular flexibility index (Phi) is 6.04. The second-order valence-electron chi connectivity index (χ2n) is 5.44. The highest BCUT2D eigenvalue weighted by Gasteiger charge is 2.27. The van der Waals surface area contributed by atoms with Crippen LogP contribution in [0.25, 0.3) is 0 Å². The van der Waals surface area contributed by atoms with Crippen LogP contribution in [0.3, 0.4) is 0 Å². The van der Waals surface area contributed by atoms with E-state index in [1.807, 2.05) is 0 Å². The van der Waals surface area contributed by atoms with Gasteiger partial charge in [0.05, 0.1) is 12.9 Å². The third kappa shape index (κ3) is 4.84. The molecule has 1 rings (SSSR count). The summed E-state index contributed by atoms with van der Waals surface area (Å²) >= 11 is 0. The van der Waals surface area contributed by atoms with Gasteiger partial charge < -0.3 is 5.11 Å². The molecule has 5 nitrogen and oxygen atoms in total. The minimum absolute atomic E-state index is 0.153. The van der Waals surface area contributed by atoms with Crippen LogP contribution >= 0.6 is 0 Å². The highest BCUT2D eigenvalue weighted by molar-refractivity contribution is 7.88. The zero-order valence-corrected chi connectivity index (χ0v) is 12.5. The summed E-state index contributed by atoms with van der Waals surface area (Å²) in [6.07, 6.45) is 3.28. The van der Waals surface area contributed by atoms with Crippen LogP contribution in [0.4, 0.5) is 0 Å². The second kappa shape index (κ2) is 6.84. The number of sulfonamides is 1. The van der Waals surface area contributed by atoms with Crippen molar-refractivity contribution in [2.24, 2.45) is 5.92 Å². The lowest BCUT2D eigenvalue weighted by atomic mass is 9.98. The van der Waals surface area contributed by atoms with Crippen molar-refractivity contribution in [3.63, 3.8) is 0 Å². The van der Waals surface area contributed by atoms with Gasteiger partial charge in [-0.2, -0.15) is 0 Å². The van der Waals surface area contributed by atoms with Gasteiger partial charge in [0.25, 0.3) is 0 Å². The Hall–Kier alpha value is -0.170. The maximum atomic E-state index is 11.5. The lowest BCUT2D eigenvalue weighted by Gasteiger charge is -2.35. The van der Waals surface area contributed by atoms with E-state index in [-0.39, 0.29) is 6.61 Å². The van der Waals surface area contributed by atoms with Gasteiger partial charge >= 0.3 is 0 Å². The molecular weight excluding hydrogens is 252 g/mol. The second-order valence-corrected chi connectivity index (χ2v) is 7.42. The molecule has 1 N–H and O–H groups in total. The molecular formula is C12H26N2O3S. The molecule has 1 saturated heterocycles. The van der Waals surface area contributed by atoms with E-state index >= 15 is 0 Å². The van der Waals surface area contributed by atoms with Gasteiger partial charge in [0.2, 0.25) is 10.0 Å². The average molecular weight is 278 g/mol. The van der Waals surface area contributed by atoms with Gasteiger partial charge in [-0.1, -0.05) is 0 Å². The standard InChI is InChI=1S/C12H26N2O3S/c1-11(2)13(7-8-15)9-12-5-4-6-14(10-12)18(3,16)17/h11-12,15H,4-10H2,1-3H3. The summed E-state index contributed by atoms with van der Waals surface area (Å²) in [5.41, 5.74) is 0. The minimum Gasteiger partial charge on any atom is -0.395 e. The molecule has 0 saturated carbocycles. The van der Waals surface area contributed by atoms with Gasteiger partial charge in [0.1, 0.15) is 0 Å². The summed E-state index contributed by atoms with van der Waals surface area (Å²) in [4.78, 5) is 2.22. The fourth-order valence-electron chi connectivity index (χ4n) is 2.50. The van der Waals surface area contributed by atoms with E-state index in [1.165, 1.54) is 6.26 Å². The Bertz CT molecular complexity index is 343. The Balaban J connectivity index is 2.56. The minimum atomic E-state index is -3.06. The summed E-state index contributed by atoms with van der Waals surface area (Å²) < 4.78 is 24.7. The molecule has 0 spiro atoms. The van der Waals surface area contributed by atoms with E-state index in [2.05, 4.69) is 18.7 Å². The molecule has 0 bridgehead atoms.